The maximum atomic E-state index is 5.84. The Labute approximate surface area is 124 Å². The minimum atomic E-state index is 0.477. The lowest BCUT2D eigenvalue weighted by atomic mass is 10.2. The first kappa shape index (κ1) is 14.9. The van der Waals surface area contributed by atoms with E-state index in [0.717, 1.165) is 44.0 Å². The number of hydrogen-bond acceptors (Lipinski definition) is 5. The summed E-state index contributed by atoms with van der Waals surface area (Å²) in [4.78, 5) is 14.7. The molecular formula is C15H20N4S. The largest absolute Gasteiger partial charge is 0.326 e. The first-order valence-electron chi connectivity index (χ1n) is 6.59. The van der Waals surface area contributed by atoms with Crippen LogP contribution in [0.1, 0.15) is 33.9 Å². The van der Waals surface area contributed by atoms with Crippen LogP contribution in [0, 0.1) is 34.6 Å². The van der Waals surface area contributed by atoms with Gasteiger partial charge in [-0.25, -0.2) is 9.97 Å². The summed E-state index contributed by atoms with van der Waals surface area (Å²) in [6.07, 6.45) is 0. The zero-order valence-corrected chi connectivity index (χ0v) is 13.4. The molecule has 2 rings (SSSR count). The van der Waals surface area contributed by atoms with E-state index >= 15 is 0 Å². The Bertz CT molecular complexity index is 630. The molecule has 0 amide bonds. The molecule has 2 aromatic heterocycles. The molecule has 0 aliphatic rings. The lowest BCUT2D eigenvalue weighted by molar-refractivity contribution is 0.876. The van der Waals surface area contributed by atoms with Crippen LogP contribution in [0.4, 0.5) is 0 Å². The van der Waals surface area contributed by atoms with Crippen LogP contribution in [0.5, 0.6) is 0 Å². The van der Waals surface area contributed by atoms with Crippen molar-refractivity contribution in [3.8, 4) is 0 Å². The second kappa shape index (κ2) is 5.89. The fourth-order valence-electron chi connectivity index (χ4n) is 2.04. The summed E-state index contributed by atoms with van der Waals surface area (Å²) >= 11 is 1.56. The second-order valence-electron chi connectivity index (χ2n) is 4.93. The van der Waals surface area contributed by atoms with Crippen LogP contribution in [0.25, 0.3) is 0 Å². The van der Waals surface area contributed by atoms with Gasteiger partial charge in [0.2, 0.25) is 0 Å². The van der Waals surface area contributed by atoms with Gasteiger partial charge in [0, 0.05) is 39.8 Å². The number of aromatic nitrogens is 3. The minimum Gasteiger partial charge on any atom is -0.326 e. The van der Waals surface area contributed by atoms with Crippen LogP contribution in [0.3, 0.4) is 0 Å². The molecule has 0 spiro atoms. The predicted octanol–water partition coefficient (Wildman–Crippen LogP) is 3.02. The Morgan fingerprint density at radius 3 is 2.10 bits per heavy atom. The summed E-state index contributed by atoms with van der Waals surface area (Å²) in [6.45, 7) is 10.5. The average Bonchev–Trinajstić information content (AvgIpc) is 2.35. The molecule has 4 nitrogen and oxygen atoms in total. The van der Waals surface area contributed by atoms with Gasteiger partial charge in [-0.1, -0.05) is 0 Å². The highest BCUT2D eigenvalue weighted by atomic mass is 32.2. The molecule has 0 saturated carbocycles. The molecule has 0 aliphatic heterocycles. The maximum Gasteiger partial charge on any atom is 0.192 e. The van der Waals surface area contributed by atoms with Gasteiger partial charge in [0.25, 0.3) is 0 Å². The molecule has 106 valence electrons. The van der Waals surface area contributed by atoms with E-state index in [0.29, 0.717) is 6.54 Å². The Hall–Kier alpha value is -1.46. The monoisotopic (exact) mass is 288 g/mol. The van der Waals surface area contributed by atoms with Crippen LogP contribution >= 0.6 is 11.8 Å². The third-order valence-corrected chi connectivity index (χ3v) is 4.38. The molecule has 0 saturated heterocycles. The van der Waals surface area contributed by atoms with E-state index in [1.165, 1.54) is 0 Å². The van der Waals surface area contributed by atoms with Crippen molar-refractivity contribution in [3.05, 3.63) is 40.0 Å². The normalized spacial score (nSPS) is 10.9. The van der Waals surface area contributed by atoms with Crippen molar-refractivity contribution in [1.29, 1.82) is 0 Å². The smallest absolute Gasteiger partial charge is 0.192 e. The first-order chi connectivity index (χ1) is 9.42. The first-order valence-corrected chi connectivity index (χ1v) is 7.41. The maximum absolute atomic E-state index is 5.84. The average molecular weight is 288 g/mol. The highest BCUT2D eigenvalue weighted by molar-refractivity contribution is 7.99. The van der Waals surface area contributed by atoms with Crippen LogP contribution in [-0.4, -0.2) is 15.0 Å². The Morgan fingerprint density at radius 2 is 1.55 bits per heavy atom. The lowest BCUT2D eigenvalue weighted by Gasteiger charge is -2.12. The van der Waals surface area contributed by atoms with Crippen LogP contribution in [0.15, 0.2) is 16.1 Å². The Morgan fingerprint density at radius 1 is 0.950 bits per heavy atom. The predicted molar refractivity (Wildman–Crippen MR) is 82.0 cm³/mol. The van der Waals surface area contributed by atoms with Gasteiger partial charge < -0.3 is 5.73 Å². The van der Waals surface area contributed by atoms with Crippen molar-refractivity contribution in [2.45, 2.75) is 51.2 Å². The molecule has 20 heavy (non-hydrogen) atoms. The fraction of sp³-hybridized carbons (Fsp3) is 0.400. The topological polar surface area (TPSA) is 64.7 Å². The third-order valence-electron chi connectivity index (χ3n) is 3.44. The molecular weight excluding hydrogens is 268 g/mol. The third kappa shape index (κ3) is 2.99. The zero-order valence-electron chi connectivity index (χ0n) is 12.6. The molecule has 2 N–H and O–H groups in total. The molecule has 5 heteroatoms. The summed E-state index contributed by atoms with van der Waals surface area (Å²) in [5.41, 5.74) is 12.1. The van der Waals surface area contributed by atoms with E-state index in [-0.39, 0.29) is 0 Å². The van der Waals surface area contributed by atoms with Gasteiger partial charge in [-0.05, 0) is 58.0 Å². The van der Waals surface area contributed by atoms with Gasteiger partial charge in [-0.2, -0.15) is 0 Å². The SMILES string of the molecule is Cc1cc(Sc2nc(C)c(C)c(C)n2)c(CN)c(C)n1. The van der Waals surface area contributed by atoms with Crippen molar-refractivity contribution in [3.63, 3.8) is 0 Å². The summed E-state index contributed by atoms with van der Waals surface area (Å²) in [7, 11) is 0. The zero-order chi connectivity index (χ0) is 14.9. The number of rotatable bonds is 3. The van der Waals surface area contributed by atoms with E-state index in [1.54, 1.807) is 11.8 Å². The van der Waals surface area contributed by atoms with E-state index in [4.69, 9.17) is 5.73 Å². The summed E-state index contributed by atoms with van der Waals surface area (Å²) < 4.78 is 0. The number of aryl methyl sites for hydroxylation is 4. The molecule has 0 unspecified atom stereocenters. The molecule has 0 aliphatic carbocycles. The van der Waals surface area contributed by atoms with E-state index in [2.05, 4.69) is 15.0 Å². The van der Waals surface area contributed by atoms with Crippen molar-refractivity contribution in [2.75, 3.05) is 0 Å². The van der Waals surface area contributed by atoms with Crippen molar-refractivity contribution >= 4 is 11.8 Å². The molecule has 0 radical (unpaired) electrons. The number of pyridine rings is 1. The molecule has 0 fully saturated rings. The van der Waals surface area contributed by atoms with Gasteiger partial charge >= 0.3 is 0 Å². The molecule has 2 aromatic rings. The van der Waals surface area contributed by atoms with Crippen LogP contribution < -0.4 is 5.73 Å². The molecule has 0 atom stereocenters. The van der Waals surface area contributed by atoms with Crippen molar-refractivity contribution < 1.29 is 0 Å². The van der Waals surface area contributed by atoms with Crippen LogP contribution in [0.2, 0.25) is 0 Å². The number of nitrogens with zero attached hydrogens (tertiary/aromatic N) is 3. The van der Waals surface area contributed by atoms with E-state index < -0.39 is 0 Å². The Kier molecular flexibility index (Phi) is 4.40. The number of hydrogen-bond donors (Lipinski definition) is 1. The molecule has 2 heterocycles. The quantitative estimate of drug-likeness (QED) is 0.879. The van der Waals surface area contributed by atoms with Gasteiger partial charge in [0.15, 0.2) is 5.16 Å². The lowest BCUT2D eigenvalue weighted by Crippen LogP contribution is -2.05. The standard InChI is InChI=1S/C15H20N4S/c1-8-6-14(13(7-16)12(5)17-8)20-15-18-10(3)9(2)11(4)19-15/h6H,7,16H2,1-5H3. The summed E-state index contributed by atoms with van der Waals surface area (Å²) in [5.74, 6) is 0. The molecule has 0 aromatic carbocycles. The summed E-state index contributed by atoms with van der Waals surface area (Å²) in [5, 5.41) is 0.769. The highest BCUT2D eigenvalue weighted by Crippen LogP contribution is 2.30. The Balaban J connectivity index is 2.44. The molecule has 0 bridgehead atoms. The highest BCUT2D eigenvalue weighted by Gasteiger charge is 2.12. The van der Waals surface area contributed by atoms with Gasteiger partial charge in [0.05, 0.1) is 0 Å². The van der Waals surface area contributed by atoms with Crippen LogP contribution in [-0.2, 0) is 6.54 Å². The summed E-state index contributed by atoms with van der Waals surface area (Å²) in [6, 6.07) is 2.05. The van der Waals surface area contributed by atoms with E-state index in [9.17, 15) is 0 Å². The van der Waals surface area contributed by atoms with Crippen molar-refractivity contribution in [2.24, 2.45) is 5.73 Å². The van der Waals surface area contributed by atoms with Crippen molar-refractivity contribution in [1.82, 2.24) is 15.0 Å². The minimum absolute atomic E-state index is 0.477. The van der Waals surface area contributed by atoms with Gasteiger partial charge in [0.1, 0.15) is 0 Å². The van der Waals surface area contributed by atoms with Gasteiger partial charge in [-0.15, -0.1) is 0 Å². The number of nitrogens with two attached hydrogens (primary N) is 1. The van der Waals surface area contributed by atoms with Gasteiger partial charge in [-0.3, -0.25) is 4.98 Å². The van der Waals surface area contributed by atoms with E-state index in [1.807, 2.05) is 40.7 Å². The second-order valence-corrected chi connectivity index (χ2v) is 5.94. The fourth-order valence-corrected chi connectivity index (χ4v) is 3.19.